The van der Waals surface area contributed by atoms with Gasteiger partial charge >= 0.3 is 0 Å². The third-order valence-corrected chi connectivity index (χ3v) is 4.45. The highest BCUT2D eigenvalue weighted by Crippen LogP contribution is 2.27. The standard InChI is InChI=1S/C20H20N4O3/c25-20(24-11-10-16-17(12-24)22-23-21-16)14-27-19-9-5-4-8-18(19)26-13-15-6-2-1-3-7-15/h1-9H,10-14H2,(H,21,22,23). The van der Waals surface area contributed by atoms with Gasteiger partial charge in [-0.1, -0.05) is 42.5 Å². The molecule has 1 N–H and O–H groups in total. The number of H-pyrrole nitrogens is 1. The third-order valence-electron chi connectivity index (χ3n) is 4.45. The summed E-state index contributed by atoms with van der Waals surface area (Å²) >= 11 is 0. The zero-order valence-electron chi connectivity index (χ0n) is 14.8. The molecule has 0 aliphatic carbocycles. The molecule has 1 aliphatic rings. The van der Waals surface area contributed by atoms with E-state index in [0.717, 1.165) is 17.0 Å². The monoisotopic (exact) mass is 364 g/mol. The normalized spacial score (nSPS) is 13.1. The Morgan fingerprint density at radius 1 is 0.963 bits per heavy atom. The van der Waals surface area contributed by atoms with Crippen molar-refractivity contribution in [2.24, 2.45) is 0 Å². The van der Waals surface area contributed by atoms with Crippen LogP contribution in [-0.2, 0) is 24.4 Å². The second-order valence-corrected chi connectivity index (χ2v) is 6.29. The number of hydrogen-bond donors (Lipinski definition) is 1. The second-order valence-electron chi connectivity index (χ2n) is 6.29. The molecule has 0 fully saturated rings. The molecule has 0 atom stereocenters. The average Bonchev–Trinajstić information content (AvgIpc) is 3.19. The van der Waals surface area contributed by atoms with Gasteiger partial charge in [0.2, 0.25) is 0 Å². The van der Waals surface area contributed by atoms with Crippen molar-refractivity contribution in [3.05, 3.63) is 71.5 Å². The lowest BCUT2D eigenvalue weighted by Crippen LogP contribution is -2.38. The molecule has 0 saturated carbocycles. The number of carbonyl (C=O) groups excluding carboxylic acids is 1. The molecular formula is C20H20N4O3. The van der Waals surface area contributed by atoms with Crippen LogP contribution in [0.1, 0.15) is 17.0 Å². The quantitative estimate of drug-likeness (QED) is 0.726. The summed E-state index contributed by atoms with van der Waals surface area (Å²) in [6, 6.07) is 17.3. The number of amides is 1. The molecule has 0 saturated heterocycles. The SMILES string of the molecule is O=C(COc1ccccc1OCc1ccccc1)N1CCc2n[nH]nc2C1. The summed E-state index contributed by atoms with van der Waals surface area (Å²) in [5.41, 5.74) is 2.82. The molecule has 0 radical (unpaired) electrons. The fourth-order valence-corrected chi connectivity index (χ4v) is 2.97. The Labute approximate surface area is 156 Å². The summed E-state index contributed by atoms with van der Waals surface area (Å²) in [6.45, 7) is 1.48. The van der Waals surface area contributed by atoms with Gasteiger partial charge in [0.05, 0.1) is 12.2 Å². The minimum absolute atomic E-state index is 0.0428. The number of fused-ring (bicyclic) bond motifs is 1. The molecule has 3 aromatic rings. The number of aromatic nitrogens is 3. The molecule has 7 nitrogen and oxygen atoms in total. The number of carbonyl (C=O) groups is 1. The lowest BCUT2D eigenvalue weighted by atomic mass is 10.1. The first kappa shape index (κ1) is 17.1. The van der Waals surface area contributed by atoms with Crippen LogP contribution in [0.5, 0.6) is 11.5 Å². The Hall–Kier alpha value is -3.35. The molecule has 2 heterocycles. The molecule has 4 rings (SSSR count). The number of para-hydroxylation sites is 2. The highest BCUT2D eigenvalue weighted by Gasteiger charge is 2.23. The van der Waals surface area contributed by atoms with E-state index in [2.05, 4.69) is 15.4 Å². The van der Waals surface area contributed by atoms with Gasteiger partial charge in [0.25, 0.3) is 5.91 Å². The fraction of sp³-hybridized carbons (Fsp3) is 0.250. The molecule has 0 unspecified atom stereocenters. The number of nitrogens with one attached hydrogen (secondary N) is 1. The van der Waals surface area contributed by atoms with E-state index in [1.54, 1.807) is 11.0 Å². The van der Waals surface area contributed by atoms with Crippen LogP contribution < -0.4 is 9.47 Å². The smallest absolute Gasteiger partial charge is 0.260 e. The lowest BCUT2D eigenvalue weighted by molar-refractivity contribution is -0.134. The average molecular weight is 364 g/mol. The minimum Gasteiger partial charge on any atom is -0.485 e. The van der Waals surface area contributed by atoms with Crippen LogP contribution in [0.25, 0.3) is 0 Å². The highest BCUT2D eigenvalue weighted by atomic mass is 16.5. The van der Waals surface area contributed by atoms with Crippen LogP contribution in [0.15, 0.2) is 54.6 Å². The summed E-state index contributed by atoms with van der Waals surface area (Å²) in [7, 11) is 0. The molecule has 1 aromatic heterocycles. The second kappa shape index (κ2) is 7.90. The maximum Gasteiger partial charge on any atom is 0.260 e. The van der Waals surface area contributed by atoms with Gasteiger partial charge in [-0.2, -0.15) is 15.4 Å². The third kappa shape index (κ3) is 4.08. The van der Waals surface area contributed by atoms with E-state index in [-0.39, 0.29) is 12.5 Å². The van der Waals surface area contributed by atoms with E-state index in [1.165, 1.54) is 0 Å². The number of ether oxygens (including phenoxy) is 2. The Balaban J connectivity index is 1.35. The van der Waals surface area contributed by atoms with Crippen molar-refractivity contribution in [1.82, 2.24) is 20.3 Å². The van der Waals surface area contributed by atoms with E-state index >= 15 is 0 Å². The van der Waals surface area contributed by atoms with Gasteiger partial charge in [-0.25, -0.2) is 0 Å². The van der Waals surface area contributed by atoms with Crippen molar-refractivity contribution < 1.29 is 14.3 Å². The van der Waals surface area contributed by atoms with Crippen molar-refractivity contribution in [3.63, 3.8) is 0 Å². The van der Waals surface area contributed by atoms with Crippen LogP contribution in [0, 0.1) is 0 Å². The van der Waals surface area contributed by atoms with Gasteiger partial charge in [-0.05, 0) is 17.7 Å². The molecular weight excluding hydrogens is 344 g/mol. The van der Waals surface area contributed by atoms with Gasteiger partial charge in [0.15, 0.2) is 18.1 Å². The zero-order chi connectivity index (χ0) is 18.5. The van der Waals surface area contributed by atoms with Gasteiger partial charge in [-0.3, -0.25) is 4.79 Å². The number of benzene rings is 2. The summed E-state index contributed by atoms with van der Waals surface area (Å²) in [4.78, 5) is 14.2. The summed E-state index contributed by atoms with van der Waals surface area (Å²) in [5, 5.41) is 10.8. The molecule has 7 heteroatoms. The summed E-state index contributed by atoms with van der Waals surface area (Å²) in [6.07, 6.45) is 0.703. The van der Waals surface area contributed by atoms with E-state index in [1.807, 2.05) is 48.5 Å². The van der Waals surface area contributed by atoms with Gasteiger partial charge in [0, 0.05) is 13.0 Å². The maximum absolute atomic E-state index is 12.5. The molecule has 0 spiro atoms. The number of rotatable bonds is 6. The predicted molar refractivity (Wildman–Crippen MR) is 98.2 cm³/mol. The van der Waals surface area contributed by atoms with E-state index in [0.29, 0.717) is 37.6 Å². The molecule has 2 aromatic carbocycles. The van der Waals surface area contributed by atoms with Crippen molar-refractivity contribution in [3.8, 4) is 11.5 Å². The topological polar surface area (TPSA) is 80.3 Å². The van der Waals surface area contributed by atoms with Crippen molar-refractivity contribution in [1.29, 1.82) is 0 Å². The Kier molecular flexibility index (Phi) is 5.00. The van der Waals surface area contributed by atoms with Gasteiger partial charge < -0.3 is 14.4 Å². The van der Waals surface area contributed by atoms with E-state index in [4.69, 9.17) is 9.47 Å². The van der Waals surface area contributed by atoms with Crippen molar-refractivity contribution >= 4 is 5.91 Å². The minimum atomic E-state index is -0.0819. The van der Waals surface area contributed by atoms with Crippen molar-refractivity contribution in [2.75, 3.05) is 13.2 Å². The number of nitrogens with zero attached hydrogens (tertiary/aromatic N) is 3. The molecule has 27 heavy (non-hydrogen) atoms. The van der Waals surface area contributed by atoms with Crippen molar-refractivity contribution in [2.45, 2.75) is 19.6 Å². The first-order valence-corrected chi connectivity index (χ1v) is 8.84. The van der Waals surface area contributed by atoms with Crippen LogP contribution >= 0.6 is 0 Å². The van der Waals surface area contributed by atoms with Gasteiger partial charge in [-0.15, -0.1) is 0 Å². The summed E-state index contributed by atoms with van der Waals surface area (Å²) in [5.74, 6) is 1.09. The van der Waals surface area contributed by atoms with Gasteiger partial charge in [0.1, 0.15) is 12.3 Å². The zero-order valence-corrected chi connectivity index (χ0v) is 14.8. The number of hydrogen-bond acceptors (Lipinski definition) is 5. The fourth-order valence-electron chi connectivity index (χ4n) is 2.97. The lowest BCUT2D eigenvalue weighted by Gasteiger charge is -2.25. The first-order valence-electron chi connectivity index (χ1n) is 8.84. The Morgan fingerprint density at radius 2 is 1.67 bits per heavy atom. The summed E-state index contributed by atoms with van der Waals surface area (Å²) < 4.78 is 11.6. The van der Waals surface area contributed by atoms with Crippen LogP contribution in [0.4, 0.5) is 0 Å². The highest BCUT2D eigenvalue weighted by molar-refractivity contribution is 5.78. The first-order chi connectivity index (χ1) is 13.3. The van der Waals surface area contributed by atoms with Crippen LogP contribution in [0.2, 0.25) is 0 Å². The predicted octanol–water partition coefficient (Wildman–Crippen LogP) is 2.35. The van der Waals surface area contributed by atoms with E-state index < -0.39 is 0 Å². The molecule has 1 amide bonds. The largest absolute Gasteiger partial charge is 0.485 e. The Morgan fingerprint density at radius 3 is 2.48 bits per heavy atom. The Bertz CT molecular complexity index is 910. The van der Waals surface area contributed by atoms with Crippen LogP contribution in [0.3, 0.4) is 0 Å². The molecule has 0 bridgehead atoms. The number of aromatic amines is 1. The maximum atomic E-state index is 12.5. The van der Waals surface area contributed by atoms with Crippen LogP contribution in [-0.4, -0.2) is 39.4 Å². The molecule has 1 aliphatic heterocycles. The molecule has 138 valence electrons. The van der Waals surface area contributed by atoms with E-state index in [9.17, 15) is 4.79 Å².